The van der Waals surface area contributed by atoms with Crippen molar-refractivity contribution in [3.8, 4) is 0 Å². The molecule has 78 valence electrons. The number of imidazole rings is 1. The van der Waals surface area contributed by atoms with Crippen molar-refractivity contribution in [2.75, 3.05) is 6.61 Å². The SMILES string of the molecule is Clc1nccc2[nH]c([C@H]3CCCO3)nc12. The Morgan fingerprint density at radius 2 is 2.47 bits per heavy atom. The number of fused-ring (bicyclic) bond motifs is 1. The van der Waals surface area contributed by atoms with Crippen LogP contribution in [0.1, 0.15) is 24.8 Å². The smallest absolute Gasteiger partial charge is 0.156 e. The molecule has 15 heavy (non-hydrogen) atoms. The normalized spacial score (nSPS) is 21.3. The van der Waals surface area contributed by atoms with E-state index in [2.05, 4.69) is 15.0 Å². The average Bonchev–Trinajstić information content (AvgIpc) is 2.86. The van der Waals surface area contributed by atoms with Gasteiger partial charge < -0.3 is 9.72 Å². The molecule has 1 aliphatic rings. The molecule has 3 heterocycles. The van der Waals surface area contributed by atoms with Crippen LogP contribution in [0.25, 0.3) is 11.0 Å². The van der Waals surface area contributed by atoms with E-state index in [1.807, 2.05) is 6.07 Å². The summed E-state index contributed by atoms with van der Waals surface area (Å²) in [6, 6.07) is 1.87. The van der Waals surface area contributed by atoms with E-state index in [0.717, 1.165) is 36.3 Å². The second-order valence-corrected chi connectivity index (χ2v) is 3.98. The molecule has 1 saturated heterocycles. The fourth-order valence-electron chi connectivity index (χ4n) is 1.87. The summed E-state index contributed by atoms with van der Waals surface area (Å²) in [5.41, 5.74) is 1.64. The fourth-order valence-corrected chi connectivity index (χ4v) is 2.07. The lowest BCUT2D eigenvalue weighted by molar-refractivity contribution is 0.106. The molecule has 0 saturated carbocycles. The molecular weight excluding hydrogens is 214 g/mol. The van der Waals surface area contributed by atoms with Gasteiger partial charge in [0.25, 0.3) is 0 Å². The number of pyridine rings is 1. The van der Waals surface area contributed by atoms with Crippen molar-refractivity contribution in [2.24, 2.45) is 0 Å². The number of H-pyrrole nitrogens is 1. The number of hydrogen-bond donors (Lipinski definition) is 1. The van der Waals surface area contributed by atoms with E-state index in [9.17, 15) is 0 Å². The topological polar surface area (TPSA) is 50.8 Å². The maximum absolute atomic E-state index is 5.94. The van der Waals surface area contributed by atoms with Crippen LogP contribution < -0.4 is 0 Å². The summed E-state index contributed by atoms with van der Waals surface area (Å²) >= 11 is 5.94. The number of nitrogens with one attached hydrogen (secondary N) is 1. The van der Waals surface area contributed by atoms with Gasteiger partial charge in [0.2, 0.25) is 0 Å². The second-order valence-electron chi connectivity index (χ2n) is 3.62. The van der Waals surface area contributed by atoms with Crippen LogP contribution in [-0.2, 0) is 4.74 Å². The molecule has 1 atom stereocenters. The highest BCUT2D eigenvalue weighted by Gasteiger charge is 2.21. The second kappa shape index (κ2) is 3.47. The Bertz CT molecular complexity index is 490. The molecule has 3 rings (SSSR count). The van der Waals surface area contributed by atoms with Crippen molar-refractivity contribution >= 4 is 22.6 Å². The largest absolute Gasteiger partial charge is 0.370 e. The lowest BCUT2D eigenvalue weighted by atomic mass is 10.2. The molecule has 1 aliphatic heterocycles. The molecule has 1 fully saturated rings. The van der Waals surface area contributed by atoms with Crippen LogP contribution in [0.2, 0.25) is 5.15 Å². The third-order valence-electron chi connectivity index (χ3n) is 2.61. The first-order chi connectivity index (χ1) is 7.34. The number of aromatic amines is 1. The van der Waals surface area contributed by atoms with Crippen LogP contribution in [0.15, 0.2) is 12.3 Å². The number of halogens is 1. The van der Waals surface area contributed by atoms with Gasteiger partial charge in [-0.3, -0.25) is 0 Å². The first-order valence-corrected chi connectivity index (χ1v) is 5.34. The molecule has 0 radical (unpaired) electrons. The quantitative estimate of drug-likeness (QED) is 0.756. The van der Waals surface area contributed by atoms with E-state index in [4.69, 9.17) is 16.3 Å². The predicted octanol–water partition coefficient (Wildman–Crippen LogP) is 2.46. The Morgan fingerprint density at radius 3 is 3.20 bits per heavy atom. The summed E-state index contributed by atoms with van der Waals surface area (Å²) < 4.78 is 5.55. The summed E-state index contributed by atoms with van der Waals surface area (Å²) in [5.74, 6) is 0.859. The van der Waals surface area contributed by atoms with Crippen molar-refractivity contribution in [3.63, 3.8) is 0 Å². The Morgan fingerprint density at radius 1 is 1.53 bits per heavy atom. The molecule has 2 aromatic heterocycles. The zero-order valence-corrected chi connectivity index (χ0v) is 8.79. The third kappa shape index (κ3) is 1.50. The molecule has 4 nitrogen and oxygen atoms in total. The zero-order chi connectivity index (χ0) is 10.3. The summed E-state index contributed by atoms with van der Waals surface area (Å²) in [7, 11) is 0. The molecule has 0 amide bonds. The summed E-state index contributed by atoms with van der Waals surface area (Å²) in [4.78, 5) is 11.6. The minimum atomic E-state index is 0.0912. The van der Waals surface area contributed by atoms with E-state index in [1.54, 1.807) is 6.20 Å². The number of nitrogens with zero attached hydrogens (tertiary/aromatic N) is 2. The Labute approximate surface area is 91.6 Å². The Kier molecular flexibility index (Phi) is 2.11. The van der Waals surface area contributed by atoms with Crippen molar-refractivity contribution in [2.45, 2.75) is 18.9 Å². The zero-order valence-electron chi connectivity index (χ0n) is 8.03. The Hall–Kier alpha value is -1.13. The highest BCUT2D eigenvalue weighted by molar-refractivity contribution is 6.33. The van der Waals surface area contributed by atoms with Crippen molar-refractivity contribution in [3.05, 3.63) is 23.2 Å². The van der Waals surface area contributed by atoms with Gasteiger partial charge in [-0.05, 0) is 18.9 Å². The maximum atomic E-state index is 5.94. The van der Waals surface area contributed by atoms with E-state index in [1.165, 1.54) is 0 Å². The van der Waals surface area contributed by atoms with Gasteiger partial charge in [0.05, 0.1) is 5.52 Å². The van der Waals surface area contributed by atoms with Crippen molar-refractivity contribution in [1.29, 1.82) is 0 Å². The molecule has 0 aliphatic carbocycles. The number of rotatable bonds is 1. The lowest BCUT2D eigenvalue weighted by Crippen LogP contribution is -1.97. The van der Waals surface area contributed by atoms with Crippen LogP contribution in [0.4, 0.5) is 0 Å². The van der Waals surface area contributed by atoms with Gasteiger partial charge in [0.1, 0.15) is 17.4 Å². The van der Waals surface area contributed by atoms with Crippen molar-refractivity contribution in [1.82, 2.24) is 15.0 Å². The van der Waals surface area contributed by atoms with Crippen molar-refractivity contribution < 1.29 is 4.74 Å². The van der Waals surface area contributed by atoms with Gasteiger partial charge in [-0.15, -0.1) is 0 Å². The van der Waals surface area contributed by atoms with Crippen LogP contribution in [0.3, 0.4) is 0 Å². The highest BCUT2D eigenvalue weighted by Crippen LogP contribution is 2.29. The van der Waals surface area contributed by atoms with Crippen LogP contribution >= 0.6 is 11.6 Å². The first-order valence-electron chi connectivity index (χ1n) is 4.96. The number of hydrogen-bond acceptors (Lipinski definition) is 3. The molecule has 0 aromatic carbocycles. The molecule has 0 spiro atoms. The van der Waals surface area contributed by atoms with Gasteiger partial charge in [-0.2, -0.15) is 0 Å². The molecule has 2 aromatic rings. The standard InChI is InChI=1S/C10H10ClN3O/c11-9-8-6(3-4-12-9)13-10(14-8)7-2-1-5-15-7/h3-4,7H,1-2,5H2,(H,13,14)/t7-/m1/s1. The summed E-state index contributed by atoms with van der Waals surface area (Å²) in [5, 5.41) is 0.438. The monoisotopic (exact) mass is 223 g/mol. The third-order valence-corrected chi connectivity index (χ3v) is 2.89. The minimum absolute atomic E-state index is 0.0912. The maximum Gasteiger partial charge on any atom is 0.156 e. The summed E-state index contributed by atoms with van der Waals surface area (Å²) in [6.07, 6.45) is 3.87. The van der Waals surface area contributed by atoms with Gasteiger partial charge in [-0.25, -0.2) is 9.97 Å². The first kappa shape index (κ1) is 9.12. The number of aromatic nitrogens is 3. The summed E-state index contributed by atoms with van der Waals surface area (Å²) in [6.45, 7) is 0.813. The Balaban J connectivity index is 2.09. The highest BCUT2D eigenvalue weighted by atomic mass is 35.5. The fraction of sp³-hybridized carbons (Fsp3) is 0.400. The molecule has 0 bridgehead atoms. The number of ether oxygens (including phenoxy) is 1. The van der Waals surface area contributed by atoms with Crippen LogP contribution in [0, 0.1) is 0 Å². The molecule has 5 heteroatoms. The van der Waals surface area contributed by atoms with E-state index < -0.39 is 0 Å². The molecule has 1 N–H and O–H groups in total. The van der Waals surface area contributed by atoms with Crippen LogP contribution in [-0.4, -0.2) is 21.6 Å². The van der Waals surface area contributed by atoms with Crippen LogP contribution in [0.5, 0.6) is 0 Å². The van der Waals surface area contributed by atoms with E-state index in [-0.39, 0.29) is 6.10 Å². The van der Waals surface area contributed by atoms with E-state index in [0.29, 0.717) is 5.15 Å². The van der Waals surface area contributed by atoms with Gasteiger partial charge in [0, 0.05) is 12.8 Å². The molecular formula is C10H10ClN3O. The lowest BCUT2D eigenvalue weighted by Gasteiger charge is -2.03. The van der Waals surface area contributed by atoms with Gasteiger partial charge >= 0.3 is 0 Å². The molecule has 0 unspecified atom stereocenters. The van der Waals surface area contributed by atoms with Gasteiger partial charge in [0.15, 0.2) is 5.15 Å². The predicted molar refractivity (Wildman–Crippen MR) is 56.8 cm³/mol. The average molecular weight is 224 g/mol. The minimum Gasteiger partial charge on any atom is -0.370 e. The van der Waals surface area contributed by atoms with Gasteiger partial charge in [-0.1, -0.05) is 11.6 Å². The van der Waals surface area contributed by atoms with E-state index >= 15 is 0 Å².